The molecule has 4 aromatic carbocycles. The zero-order chi connectivity index (χ0) is 33.4. The van der Waals surface area contributed by atoms with Gasteiger partial charge in [0.25, 0.3) is 0 Å². The molecule has 4 rings (SSSR count). The van der Waals surface area contributed by atoms with E-state index < -0.39 is 53.4 Å². The van der Waals surface area contributed by atoms with Crippen molar-refractivity contribution in [3.8, 4) is 0 Å². The van der Waals surface area contributed by atoms with E-state index in [4.69, 9.17) is 18.9 Å². The lowest BCUT2D eigenvalue weighted by Crippen LogP contribution is -2.51. The van der Waals surface area contributed by atoms with Crippen molar-refractivity contribution in [2.24, 2.45) is 0 Å². The fourth-order valence-corrected chi connectivity index (χ4v) is 7.18. The van der Waals surface area contributed by atoms with Crippen LogP contribution in [0.1, 0.15) is 55.3 Å². The highest BCUT2D eigenvalue weighted by atomic mass is 32.2. The normalized spacial score (nSPS) is 12.7. The summed E-state index contributed by atoms with van der Waals surface area (Å²) in [5.41, 5.74) is 1.05. The predicted molar refractivity (Wildman–Crippen MR) is 184 cm³/mol. The second-order valence-electron chi connectivity index (χ2n) is 10.0. The molecule has 10 heteroatoms. The second-order valence-corrected chi connectivity index (χ2v) is 13.2. The first-order chi connectivity index (χ1) is 22.9. The van der Waals surface area contributed by atoms with Gasteiger partial charge in [-0.25, -0.2) is 19.2 Å². The van der Waals surface area contributed by atoms with Gasteiger partial charge < -0.3 is 18.9 Å². The smallest absolute Gasteiger partial charge is 0.338 e. The molecule has 0 unspecified atom stereocenters. The first kappa shape index (κ1) is 35.3. The van der Waals surface area contributed by atoms with Crippen molar-refractivity contribution in [2.75, 3.05) is 18.1 Å². The molecule has 0 aliphatic carbocycles. The minimum absolute atomic E-state index is 0.236. The van der Waals surface area contributed by atoms with Gasteiger partial charge in [-0.05, 0) is 60.0 Å². The van der Waals surface area contributed by atoms with E-state index >= 15 is 0 Å². The third-order valence-electron chi connectivity index (χ3n) is 6.78. The largest absolute Gasteiger partial charge is 0.458 e. The zero-order valence-electron chi connectivity index (χ0n) is 26.1. The molecule has 0 aromatic heterocycles. The molecule has 0 aliphatic heterocycles. The average molecular weight is 673 g/mol. The Bertz CT molecular complexity index is 1560. The molecule has 244 valence electrons. The quantitative estimate of drug-likeness (QED) is 0.0682. The molecular formula is C37H36O8S2. The first-order valence-electron chi connectivity index (χ1n) is 15.1. The highest BCUT2D eigenvalue weighted by Gasteiger charge is 2.44. The van der Waals surface area contributed by atoms with Gasteiger partial charge in [0.05, 0.1) is 26.8 Å². The maximum Gasteiger partial charge on any atom is 0.338 e. The third kappa shape index (κ3) is 10.5. The lowest BCUT2D eigenvalue weighted by molar-refractivity contribution is -0.0974. The molecule has 0 N–H and O–H groups in total. The molecular weight excluding hydrogens is 637 g/mol. The summed E-state index contributed by atoms with van der Waals surface area (Å²) in [6, 6.07) is 33.4. The summed E-state index contributed by atoms with van der Waals surface area (Å²) < 4.78 is 23.5. The number of carbonyl (C=O) groups is 4. The summed E-state index contributed by atoms with van der Waals surface area (Å²) in [7, 11) is 0. The molecule has 0 bridgehead atoms. The molecule has 0 saturated carbocycles. The number of hydrogen-bond acceptors (Lipinski definition) is 10. The predicted octanol–water partition coefficient (Wildman–Crippen LogP) is 7.35. The third-order valence-corrected chi connectivity index (χ3v) is 9.46. The van der Waals surface area contributed by atoms with E-state index in [1.165, 1.54) is 23.5 Å². The van der Waals surface area contributed by atoms with E-state index in [0.717, 1.165) is 0 Å². The van der Waals surface area contributed by atoms with Crippen LogP contribution in [0.2, 0.25) is 0 Å². The summed E-state index contributed by atoms with van der Waals surface area (Å²) in [6.07, 6.45) is -3.88. The molecule has 0 fully saturated rings. The molecule has 0 spiro atoms. The van der Waals surface area contributed by atoms with E-state index in [9.17, 15) is 19.2 Å². The first-order valence-corrected chi connectivity index (χ1v) is 17.2. The van der Waals surface area contributed by atoms with Gasteiger partial charge in [-0.2, -0.15) is 0 Å². The SMILES string of the molecule is CCSC(SCC)[C@H](OC(=O)c1ccccc1)[C@@H](OC(=O)c1ccccc1)[C@@H](COC(=O)c1ccccc1)OC(=O)c1ccccc1. The fraction of sp³-hybridized carbons (Fsp3) is 0.243. The van der Waals surface area contributed by atoms with Crippen LogP contribution < -0.4 is 0 Å². The van der Waals surface area contributed by atoms with Gasteiger partial charge in [-0.1, -0.05) is 86.6 Å². The Morgan fingerprint density at radius 1 is 0.489 bits per heavy atom. The molecule has 0 aliphatic rings. The molecule has 47 heavy (non-hydrogen) atoms. The molecule has 0 saturated heterocycles. The zero-order valence-corrected chi connectivity index (χ0v) is 27.7. The van der Waals surface area contributed by atoms with Crippen molar-refractivity contribution in [3.63, 3.8) is 0 Å². The molecule has 0 radical (unpaired) electrons. The summed E-state index contributed by atoms with van der Waals surface area (Å²) in [5.74, 6) is -1.48. The van der Waals surface area contributed by atoms with Crippen LogP contribution in [-0.4, -0.2) is 64.9 Å². The van der Waals surface area contributed by atoms with E-state index in [0.29, 0.717) is 17.1 Å². The topological polar surface area (TPSA) is 105 Å². The van der Waals surface area contributed by atoms with Gasteiger partial charge >= 0.3 is 23.9 Å². The van der Waals surface area contributed by atoms with Crippen molar-refractivity contribution in [2.45, 2.75) is 36.7 Å². The summed E-state index contributed by atoms with van der Waals surface area (Å²) in [4.78, 5) is 53.8. The summed E-state index contributed by atoms with van der Waals surface area (Å²) >= 11 is 3.00. The highest BCUT2D eigenvalue weighted by molar-refractivity contribution is 8.17. The van der Waals surface area contributed by atoms with Gasteiger partial charge in [-0.3, -0.25) is 0 Å². The molecule has 0 heterocycles. The van der Waals surface area contributed by atoms with Gasteiger partial charge in [0.1, 0.15) is 6.61 Å². The number of esters is 4. The van der Waals surface area contributed by atoms with Crippen LogP contribution in [-0.2, 0) is 18.9 Å². The minimum Gasteiger partial charge on any atom is -0.458 e. The Labute approximate surface area is 283 Å². The van der Waals surface area contributed by atoms with Gasteiger partial charge in [0, 0.05) is 0 Å². The highest BCUT2D eigenvalue weighted by Crippen LogP contribution is 2.34. The van der Waals surface area contributed by atoms with Crippen molar-refractivity contribution in [1.82, 2.24) is 0 Å². The van der Waals surface area contributed by atoms with Crippen LogP contribution >= 0.6 is 23.5 Å². The average Bonchev–Trinajstić information content (AvgIpc) is 3.12. The van der Waals surface area contributed by atoms with Crippen molar-refractivity contribution >= 4 is 47.4 Å². The van der Waals surface area contributed by atoms with Crippen LogP contribution in [0, 0.1) is 0 Å². The van der Waals surface area contributed by atoms with Crippen molar-refractivity contribution in [3.05, 3.63) is 144 Å². The molecule has 0 amide bonds. The lowest BCUT2D eigenvalue weighted by atomic mass is 10.1. The number of carbonyl (C=O) groups excluding carboxylic acids is 4. The van der Waals surface area contributed by atoms with Gasteiger partial charge in [0.2, 0.25) is 0 Å². The van der Waals surface area contributed by atoms with E-state index in [1.54, 1.807) is 121 Å². The van der Waals surface area contributed by atoms with Crippen molar-refractivity contribution in [1.29, 1.82) is 0 Å². The Morgan fingerprint density at radius 3 is 1.21 bits per heavy atom. The lowest BCUT2D eigenvalue weighted by Gasteiger charge is -2.36. The number of ether oxygens (including phenoxy) is 4. The molecule has 3 atom stereocenters. The van der Waals surface area contributed by atoms with Crippen LogP contribution in [0.25, 0.3) is 0 Å². The Balaban J connectivity index is 1.79. The van der Waals surface area contributed by atoms with Gasteiger partial charge in [-0.15, -0.1) is 23.5 Å². The Kier molecular flexibility index (Phi) is 14.0. The summed E-state index contributed by atoms with van der Waals surface area (Å²) in [6.45, 7) is 3.44. The van der Waals surface area contributed by atoms with Crippen LogP contribution in [0.5, 0.6) is 0 Å². The van der Waals surface area contributed by atoms with E-state index in [-0.39, 0.29) is 16.7 Å². The second kappa shape index (κ2) is 18.6. The van der Waals surface area contributed by atoms with Crippen LogP contribution in [0.3, 0.4) is 0 Å². The fourth-order valence-electron chi connectivity index (χ4n) is 4.52. The number of hydrogen-bond donors (Lipinski definition) is 0. The van der Waals surface area contributed by atoms with E-state index in [2.05, 4.69) is 0 Å². The van der Waals surface area contributed by atoms with Crippen LogP contribution in [0.4, 0.5) is 0 Å². The standard InChI is InChI=1S/C37H36O8S2/c1-3-46-37(47-4-2)32(45-36(41)29-23-15-8-16-24-29)31(44-35(40)28-21-13-7-14-22-28)30(43-34(39)27-19-11-6-12-20-27)25-42-33(38)26-17-9-5-10-18-26/h5-24,30-32,37H,3-4,25H2,1-2H3/t30-,31+,32-/m1/s1. The molecule has 4 aromatic rings. The maximum atomic E-state index is 13.6. The van der Waals surface area contributed by atoms with Crippen molar-refractivity contribution < 1.29 is 38.1 Å². The molecule has 8 nitrogen and oxygen atoms in total. The minimum atomic E-state index is -1.38. The number of thioether (sulfide) groups is 2. The Hall–Kier alpha value is -4.54. The maximum absolute atomic E-state index is 13.6. The summed E-state index contributed by atoms with van der Waals surface area (Å²) in [5, 5.41) is 0. The monoisotopic (exact) mass is 672 g/mol. The number of benzene rings is 4. The van der Waals surface area contributed by atoms with Crippen LogP contribution in [0.15, 0.2) is 121 Å². The van der Waals surface area contributed by atoms with Gasteiger partial charge in [0.15, 0.2) is 18.3 Å². The Morgan fingerprint density at radius 2 is 0.830 bits per heavy atom. The van der Waals surface area contributed by atoms with E-state index in [1.807, 2.05) is 13.8 Å². The number of rotatable bonds is 16.